The number of nitro benzene ring substituents is 1. The summed E-state index contributed by atoms with van der Waals surface area (Å²) in [7, 11) is 0. The number of benzene rings is 2. The van der Waals surface area contributed by atoms with Gasteiger partial charge in [0.25, 0.3) is 11.6 Å². The second-order valence-corrected chi connectivity index (χ2v) is 7.95. The van der Waals surface area contributed by atoms with Crippen LogP contribution < -0.4 is 5.32 Å². The molecule has 0 atom stereocenters. The number of amides is 1. The molecule has 1 aliphatic carbocycles. The number of hydrogen-bond acceptors (Lipinski definition) is 5. The van der Waals surface area contributed by atoms with E-state index >= 15 is 0 Å². The first-order valence-corrected chi connectivity index (χ1v) is 10.3. The molecule has 4 rings (SSSR count). The van der Waals surface area contributed by atoms with Crippen LogP contribution in [0.1, 0.15) is 34.5 Å². The fourth-order valence-corrected chi connectivity index (χ4v) is 4.12. The van der Waals surface area contributed by atoms with E-state index in [1.165, 1.54) is 29.5 Å². The number of fused-ring (bicyclic) bond motifs is 3. The van der Waals surface area contributed by atoms with Crippen molar-refractivity contribution in [3.05, 3.63) is 67.8 Å². The smallest absolute Gasteiger partial charge is 0.338 e. The summed E-state index contributed by atoms with van der Waals surface area (Å²) in [6, 6.07) is 9.32. The lowest BCUT2D eigenvalue weighted by molar-refractivity contribution is -0.384. The molecule has 1 amide bonds. The summed E-state index contributed by atoms with van der Waals surface area (Å²) in [6.45, 7) is -0.467. The molecule has 9 heteroatoms. The predicted molar refractivity (Wildman–Crippen MR) is 115 cm³/mol. The number of nitro groups is 1. The molecule has 8 nitrogen and oxygen atoms in total. The summed E-state index contributed by atoms with van der Waals surface area (Å²) in [4.78, 5) is 38.2. The monoisotopic (exact) mass is 471 g/mol. The molecule has 0 spiro atoms. The van der Waals surface area contributed by atoms with E-state index < -0.39 is 23.4 Å². The lowest BCUT2D eigenvalue weighted by atomic mass is 9.95. The number of aromatic amines is 1. The molecule has 2 N–H and O–H groups in total. The highest BCUT2D eigenvalue weighted by Gasteiger charge is 2.18. The number of nitrogens with zero attached hydrogens (tertiary/aromatic N) is 1. The number of ether oxygens (including phenoxy) is 1. The Morgan fingerprint density at radius 1 is 1.17 bits per heavy atom. The Morgan fingerprint density at radius 2 is 1.97 bits per heavy atom. The van der Waals surface area contributed by atoms with Crippen molar-refractivity contribution in [2.24, 2.45) is 0 Å². The van der Waals surface area contributed by atoms with Gasteiger partial charge in [-0.15, -0.1) is 0 Å². The number of non-ortho nitro benzene ring substituents is 1. The normalized spacial score (nSPS) is 13.0. The number of aryl methyl sites for hydroxylation is 2. The van der Waals surface area contributed by atoms with E-state index in [4.69, 9.17) is 4.74 Å². The highest BCUT2D eigenvalue weighted by Crippen LogP contribution is 2.30. The molecule has 0 bridgehead atoms. The number of anilines is 1. The van der Waals surface area contributed by atoms with Gasteiger partial charge in [-0.1, -0.05) is 0 Å². The van der Waals surface area contributed by atoms with Gasteiger partial charge in [0, 0.05) is 33.2 Å². The van der Waals surface area contributed by atoms with Crippen molar-refractivity contribution in [3.63, 3.8) is 0 Å². The van der Waals surface area contributed by atoms with Crippen LogP contribution in [0.25, 0.3) is 10.9 Å². The number of nitrogens with one attached hydrogen (secondary N) is 2. The standard InChI is InChI=1S/C21H18BrN3O5/c22-16-10-13(25(28)29)6-8-19(16)24-20(26)11-30-21(27)12-5-7-18-15(9-12)14-3-1-2-4-17(14)23-18/h5-10,23H,1-4,11H2,(H,24,26). The first-order chi connectivity index (χ1) is 14.4. The van der Waals surface area contributed by atoms with E-state index in [1.54, 1.807) is 6.07 Å². The van der Waals surface area contributed by atoms with Crippen LogP contribution in [0, 0.1) is 10.1 Å². The molecule has 0 unspecified atom stereocenters. The Labute approximate surface area is 179 Å². The van der Waals surface area contributed by atoms with Crippen LogP contribution in [0.3, 0.4) is 0 Å². The quantitative estimate of drug-likeness (QED) is 0.322. The number of H-pyrrole nitrogens is 1. The lowest BCUT2D eigenvalue weighted by Crippen LogP contribution is -2.21. The first-order valence-electron chi connectivity index (χ1n) is 9.47. The van der Waals surface area contributed by atoms with E-state index in [0.29, 0.717) is 15.7 Å². The van der Waals surface area contributed by atoms with E-state index in [2.05, 4.69) is 26.2 Å². The van der Waals surface area contributed by atoms with E-state index in [-0.39, 0.29) is 5.69 Å². The molecule has 3 aromatic rings. The number of esters is 1. The third-order valence-corrected chi connectivity index (χ3v) is 5.76. The van der Waals surface area contributed by atoms with Crippen LogP contribution in [0.5, 0.6) is 0 Å². The number of carbonyl (C=O) groups excluding carboxylic acids is 2. The van der Waals surface area contributed by atoms with Crippen molar-refractivity contribution in [2.75, 3.05) is 11.9 Å². The Kier molecular flexibility index (Phi) is 5.54. The van der Waals surface area contributed by atoms with Crippen LogP contribution >= 0.6 is 15.9 Å². The molecule has 0 aliphatic heterocycles. The van der Waals surface area contributed by atoms with Gasteiger partial charge in [-0.05, 0) is 71.4 Å². The van der Waals surface area contributed by atoms with Crippen LogP contribution in [0.2, 0.25) is 0 Å². The Bertz CT molecular complexity index is 1170. The average molecular weight is 472 g/mol. The van der Waals surface area contributed by atoms with Gasteiger partial charge >= 0.3 is 5.97 Å². The van der Waals surface area contributed by atoms with E-state index in [1.807, 2.05) is 12.1 Å². The van der Waals surface area contributed by atoms with Crippen molar-refractivity contribution >= 4 is 50.1 Å². The third kappa shape index (κ3) is 4.06. The third-order valence-electron chi connectivity index (χ3n) is 5.11. The summed E-state index contributed by atoms with van der Waals surface area (Å²) in [5.41, 5.74) is 4.12. The van der Waals surface area contributed by atoms with Crippen molar-refractivity contribution in [3.8, 4) is 0 Å². The highest BCUT2D eigenvalue weighted by molar-refractivity contribution is 9.10. The maximum absolute atomic E-state index is 12.4. The van der Waals surface area contributed by atoms with Crippen LogP contribution in [0.15, 0.2) is 40.9 Å². The van der Waals surface area contributed by atoms with E-state index in [9.17, 15) is 19.7 Å². The van der Waals surface area contributed by atoms with Gasteiger partial charge in [0.1, 0.15) is 0 Å². The fourth-order valence-electron chi connectivity index (χ4n) is 3.65. The van der Waals surface area contributed by atoms with Crippen molar-refractivity contribution in [2.45, 2.75) is 25.7 Å². The second-order valence-electron chi connectivity index (χ2n) is 7.10. The van der Waals surface area contributed by atoms with Gasteiger partial charge in [0.15, 0.2) is 6.61 Å². The second kappa shape index (κ2) is 8.27. The summed E-state index contributed by atoms with van der Waals surface area (Å²) in [5, 5.41) is 14.4. The van der Waals surface area contributed by atoms with Gasteiger partial charge in [0.05, 0.1) is 16.2 Å². The molecule has 0 fully saturated rings. The minimum Gasteiger partial charge on any atom is -0.452 e. The first kappa shape index (κ1) is 20.1. The molecule has 1 aliphatic rings. The van der Waals surface area contributed by atoms with Crippen molar-refractivity contribution in [1.29, 1.82) is 0 Å². The number of aromatic nitrogens is 1. The Balaban J connectivity index is 1.41. The number of carbonyl (C=O) groups is 2. The van der Waals surface area contributed by atoms with Crippen LogP contribution in [0.4, 0.5) is 11.4 Å². The fraction of sp³-hybridized carbons (Fsp3) is 0.238. The van der Waals surface area contributed by atoms with Crippen molar-refractivity contribution in [1.82, 2.24) is 4.98 Å². The number of halogens is 1. The zero-order valence-corrected chi connectivity index (χ0v) is 17.5. The maximum atomic E-state index is 12.4. The molecule has 30 heavy (non-hydrogen) atoms. The SMILES string of the molecule is O=C(COC(=O)c1ccc2[nH]c3c(c2c1)CCCC3)Nc1ccc([N+](=O)[O-])cc1Br. The lowest BCUT2D eigenvalue weighted by Gasteiger charge is -2.10. The zero-order chi connectivity index (χ0) is 21.3. The predicted octanol–water partition coefficient (Wildman–Crippen LogP) is 4.51. The van der Waals surface area contributed by atoms with Gasteiger partial charge < -0.3 is 15.0 Å². The zero-order valence-electron chi connectivity index (χ0n) is 15.9. The Morgan fingerprint density at radius 3 is 2.73 bits per heavy atom. The Hall–Kier alpha value is -3.20. The summed E-state index contributed by atoms with van der Waals surface area (Å²) >= 11 is 3.18. The molecule has 0 saturated carbocycles. The molecule has 1 aromatic heterocycles. The van der Waals surface area contributed by atoms with Gasteiger partial charge in [-0.25, -0.2) is 4.79 Å². The minimum atomic E-state index is -0.583. The molecule has 1 heterocycles. The van der Waals surface area contributed by atoms with Crippen LogP contribution in [-0.2, 0) is 22.4 Å². The summed E-state index contributed by atoms with van der Waals surface area (Å²) in [6.07, 6.45) is 4.30. The average Bonchev–Trinajstić information content (AvgIpc) is 3.11. The molecular weight excluding hydrogens is 454 g/mol. The molecule has 0 saturated heterocycles. The summed E-state index contributed by atoms with van der Waals surface area (Å²) in [5.74, 6) is -1.13. The summed E-state index contributed by atoms with van der Waals surface area (Å²) < 4.78 is 5.51. The topological polar surface area (TPSA) is 114 Å². The highest BCUT2D eigenvalue weighted by atomic mass is 79.9. The molecule has 2 aromatic carbocycles. The number of rotatable bonds is 5. The van der Waals surface area contributed by atoms with E-state index in [0.717, 1.165) is 36.6 Å². The largest absolute Gasteiger partial charge is 0.452 e. The van der Waals surface area contributed by atoms with Gasteiger partial charge in [-0.2, -0.15) is 0 Å². The minimum absolute atomic E-state index is 0.103. The molecule has 154 valence electrons. The molecule has 0 radical (unpaired) electrons. The molecular formula is C21H18BrN3O5. The van der Waals surface area contributed by atoms with Crippen molar-refractivity contribution < 1.29 is 19.2 Å². The van der Waals surface area contributed by atoms with Gasteiger partial charge in [-0.3, -0.25) is 14.9 Å². The van der Waals surface area contributed by atoms with Gasteiger partial charge in [0.2, 0.25) is 0 Å². The number of hydrogen-bond donors (Lipinski definition) is 2. The maximum Gasteiger partial charge on any atom is 0.338 e. The van der Waals surface area contributed by atoms with Crippen LogP contribution in [-0.4, -0.2) is 28.4 Å².